The van der Waals surface area contributed by atoms with Crippen molar-refractivity contribution in [2.75, 3.05) is 0 Å². The molecule has 0 atom stereocenters. The molecule has 1 aliphatic carbocycles. The van der Waals surface area contributed by atoms with Gasteiger partial charge in [0.1, 0.15) is 6.07 Å². The van der Waals surface area contributed by atoms with E-state index in [-0.39, 0.29) is 18.0 Å². The van der Waals surface area contributed by atoms with Crippen molar-refractivity contribution in [3.05, 3.63) is 52.7 Å². The molecule has 1 aromatic carbocycles. The van der Waals surface area contributed by atoms with Crippen molar-refractivity contribution in [3.8, 4) is 17.3 Å². The zero-order valence-electron chi connectivity index (χ0n) is 16.6. The number of carbonyl (C=O) groups is 1. The molecule has 0 unspecified atom stereocenters. The van der Waals surface area contributed by atoms with Crippen LogP contribution in [0.2, 0.25) is 0 Å². The maximum atomic E-state index is 13.3. The number of aromatic nitrogens is 1. The van der Waals surface area contributed by atoms with Gasteiger partial charge in [0.05, 0.1) is 11.3 Å². The van der Waals surface area contributed by atoms with Crippen LogP contribution in [-0.2, 0) is 12.8 Å². The second-order valence-electron chi connectivity index (χ2n) is 7.75. The minimum Gasteiger partial charge on any atom is -0.334 e. The van der Waals surface area contributed by atoms with Crippen molar-refractivity contribution in [2.24, 2.45) is 0 Å². The number of hydrogen-bond acceptors (Lipinski definition) is 3. The predicted molar refractivity (Wildman–Crippen MR) is 107 cm³/mol. The standard InChI is InChI=1S/C23H27N3O/c1-15(2)26(16(3)4)23(27)20-11-7-6-10-19(20)22-18(14-24)13-17-9-5-8-12-21(17)25-22/h6-7,10-11,13,15-16H,5,8-9,12H2,1-4H3. The molecule has 2 aromatic rings. The number of nitrogens with zero attached hydrogens (tertiary/aromatic N) is 3. The van der Waals surface area contributed by atoms with Gasteiger partial charge in [0.25, 0.3) is 5.91 Å². The van der Waals surface area contributed by atoms with Crippen molar-refractivity contribution in [1.29, 1.82) is 5.26 Å². The third-order valence-corrected chi connectivity index (χ3v) is 5.18. The van der Waals surface area contributed by atoms with Gasteiger partial charge in [-0.2, -0.15) is 5.26 Å². The number of benzene rings is 1. The van der Waals surface area contributed by atoms with E-state index in [0.29, 0.717) is 16.8 Å². The Labute approximate surface area is 161 Å². The van der Waals surface area contributed by atoms with Crippen molar-refractivity contribution >= 4 is 5.91 Å². The minimum atomic E-state index is -0.0148. The van der Waals surface area contributed by atoms with E-state index in [2.05, 4.69) is 6.07 Å². The molecule has 0 saturated heterocycles. The second kappa shape index (κ2) is 7.92. The Morgan fingerprint density at radius 2 is 1.78 bits per heavy atom. The SMILES string of the molecule is CC(C)N(C(=O)c1ccccc1-c1nc2c(cc1C#N)CCCC2)C(C)C. The number of nitriles is 1. The third-order valence-electron chi connectivity index (χ3n) is 5.18. The Balaban J connectivity index is 2.15. The van der Waals surface area contributed by atoms with Gasteiger partial charge >= 0.3 is 0 Å². The quantitative estimate of drug-likeness (QED) is 0.789. The fourth-order valence-electron chi connectivity index (χ4n) is 4.00. The van der Waals surface area contributed by atoms with Gasteiger partial charge in [0, 0.05) is 28.9 Å². The first-order valence-corrected chi connectivity index (χ1v) is 9.79. The van der Waals surface area contributed by atoms with E-state index in [4.69, 9.17) is 4.98 Å². The molecule has 0 saturated carbocycles. The van der Waals surface area contributed by atoms with E-state index in [0.717, 1.165) is 36.9 Å². The lowest BCUT2D eigenvalue weighted by atomic mass is 9.92. The first kappa shape index (κ1) is 19.1. The summed E-state index contributed by atoms with van der Waals surface area (Å²) in [5.41, 5.74) is 4.79. The smallest absolute Gasteiger partial charge is 0.255 e. The largest absolute Gasteiger partial charge is 0.334 e. The maximum absolute atomic E-state index is 13.3. The van der Waals surface area contributed by atoms with Crippen molar-refractivity contribution < 1.29 is 4.79 Å². The maximum Gasteiger partial charge on any atom is 0.255 e. The fraction of sp³-hybridized carbons (Fsp3) is 0.435. The molecule has 1 amide bonds. The molecule has 3 rings (SSSR count). The Kier molecular flexibility index (Phi) is 5.60. The zero-order chi connectivity index (χ0) is 19.6. The number of pyridine rings is 1. The Bertz CT molecular complexity index is 885. The normalized spacial score (nSPS) is 13.4. The Morgan fingerprint density at radius 3 is 2.44 bits per heavy atom. The molecule has 0 radical (unpaired) electrons. The van der Waals surface area contributed by atoms with E-state index < -0.39 is 0 Å². The Hall–Kier alpha value is -2.67. The van der Waals surface area contributed by atoms with Gasteiger partial charge < -0.3 is 4.90 Å². The Morgan fingerprint density at radius 1 is 1.11 bits per heavy atom. The summed E-state index contributed by atoms with van der Waals surface area (Å²) in [6, 6.07) is 12.0. The molecular weight excluding hydrogens is 334 g/mol. The second-order valence-corrected chi connectivity index (χ2v) is 7.75. The van der Waals surface area contributed by atoms with Crippen LogP contribution in [0.5, 0.6) is 0 Å². The molecule has 4 nitrogen and oxygen atoms in total. The summed E-state index contributed by atoms with van der Waals surface area (Å²) in [5, 5.41) is 9.71. The highest BCUT2D eigenvalue weighted by Crippen LogP contribution is 2.31. The highest BCUT2D eigenvalue weighted by atomic mass is 16.2. The van der Waals surface area contributed by atoms with E-state index in [1.54, 1.807) is 0 Å². The van der Waals surface area contributed by atoms with Crippen molar-refractivity contribution in [2.45, 2.75) is 65.5 Å². The van der Waals surface area contributed by atoms with Crippen LogP contribution < -0.4 is 0 Å². The molecule has 27 heavy (non-hydrogen) atoms. The first-order chi connectivity index (χ1) is 12.9. The molecule has 1 aliphatic rings. The number of rotatable bonds is 4. The van der Waals surface area contributed by atoms with Crippen LogP contribution in [0.4, 0.5) is 0 Å². The summed E-state index contributed by atoms with van der Waals surface area (Å²) >= 11 is 0. The van der Waals surface area contributed by atoms with Crippen LogP contribution in [-0.4, -0.2) is 27.9 Å². The van der Waals surface area contributed by atoms with E-state index >= 15 is 0 Å². The lowest BCUT2D eigenvalue weighted by Gasteiger charge is -2.31. The average molecular weight is 361 g/mol. The number of carbonyl (C=O) groups excluding carboxylic acids is 1. The fourth-order valence-corrected chi connectivity index (χ4v) is 4.00. The summed E-state index contributed by atoms with van der Waals surface area (Å²) in [7, 11) is 0. The van der Waals surface area contributed by atoms with Gasteiger partial charge in [-0.3, -0.25) is 9.78 Å². The molecule has 0 N–H and O–H groups in total. The third kappa shape index (κ3) is 3.73. The van der Waals surface area contributed by atoms with Gasteiger partial charge in [-0.15, -0.1) is 0 Å². The highest BCUT2D eigenvalue weighted by molar-refractivity contribution is 6.01. The summed E-state index contributed by atoms with van der Waals surface area (Å²) in [6.07, 6.45) is 4.19. The molecule has 1 aromatic heterocycles. The molecule has 0 fully saturated rings. The predicted octanol–water partition coefficient (Wildman–Crippen LogP) is 4.76. The monoisotopic (exact) mass is 361 g/mol. The van der Waals surface area contributed by atoms with Crippen LogP contribution >= 0.6 is 0 Å². The summed E-state index contributed by atoms with van der Waals surface area (Å²) in [4.78, 5) is 20.1. The average Bonchev–Trinajstić information content (AvgIpc) is 2.66. The van der Waals surface area contributed by atoms with Crippen LogP contribution in [0.25, 0.3) is 11.3 Å². The topological polar surface area (TPSA) is 57.0 Å². The van der Waals surface area contributed by atoms with Crippen LogP contribution in [0.3, 0.4) is 0 Å². The van der Waals surface area contributed by atoms with Crippen molar-refractivity contribution in [3.63, 3.8) is 0 Å². The minimum absolute atomic E-state index is 0.0148. The van der Waals surface area contributed by atoms with Crippen LogP contribution in [0.15, 0.2) is 30.3 Å². The lowest BCUT2D eigenvalue weighted by molar-refractivity contribution is 0.0644. The summed E-state index contributed by atoms with van der Waals surface area (Å²) in [6.45, 7) is 8.10. The van der Waals surface area contributed by atoms with Crippen molar-refractivity contribution in [1.82, 2.24) is 9.88 Å². The number of aryl methyl sites for hydroxylation is 2. The molecule has 0 bridgehead atoms. The zero-order valence-corrected chi connectivity index (χ0v) is 16.6. The number of hydrogen-bond donors (Lipinski definition) is 0. The molecule has 0 aliphatic heterocycles. The van der Waals surface area contributed by atoms with Gasteiger partial charge in [-0.25, -0.2) is 0 Å². The van der Waals surface area contributed by atoms with Crippen LogP contribution in [0.1, 0.15) is 67.7 Å². The lowest BCUT2D eigenvalue weighted by Crippen LogP contribution is -2.42. The van der Waals surface area contributed by atoms with Gasteiger partial charge in [-0.1, -0.05) is 18.2 Å². The molecular formula is C23H27N3O. The first-order valence-electron chi connectivity index (χ1n) is 9.79. The number of amides is 1. The molecule has 4 heteroatoms. The van der Waals surface area contributed by atoms with E-state index in [1.165, 1.54) is 5.56 Å². The summed E-state index contributed by atoms with van der Waals surface area (Å²) < 4.78 is 0. The van der Waals surface area contributed by atoms with Gasteiger partial charge in [0.15, 0.2) is 0 Å². The molecule has 0 spiro atoms. The van der Waals surface area contributed by atoms with Crippen LogP contribution in [0, 0.1) is 11.3 Å². The molecule has 1 heterocycles. The number of fused-ring (bicyclic) bond motifs is 1. The highest BCUT2D eigenvalue weighted by Gasteiger charge is 2.26. The summed E-state index contributed by atoms with van der Waals surface area (Å²) in [5.74, 6) is -0.0148. The van der Waals surface area contributed by atoms with E-state index in [9.17, 15) is 10.1 Å². The molecule has 140 valence electrons. The van der Waals surface area contributed by atoms with Gasteiger partial charge in [0.2, 0.25) is 0 Å². The van der Waals surface area contributed by atoms with E-state index in [1.807, 2.05) is 62.9 Å². The van der Waals surface area contributed by atoms with Gasteiger partial charge in [-0.05, 0) is 71.1 Å².